The third kappa shape index (κ3) is 12.3. The number of esters is 8. The minimum atomic E-state index is -2.99. The van der Waals surface area contributed by atoms with Crippen molar-refractivity contribution in [3.05, 3.63) is 0 Å². The summed E-state index contributed by atoms with van der Waals surface area (Å²) in [6, 6.07) is 0. The third-order valence-electron chi connectivity index (χ3n) is 7.62. The Kier molecular flexibility index (Phi) is 18.1. The highest BCUT2D eigenvalue weighted by atomic mass is 17.0. The number of hydrogen-bond acceptors (Lipinski definition) is 19. The van der Waals surface area contributed by atoms with Gasteiger partial charge in [0.25, 0.3) is 0 Å². The summed E-state index contributed by atoms with van der Waals surface area (Å²) in [5.74, 6) is -9.98. The number of carbonyl (C=O) groups excluding carboxylic acids is 8. The first-order chi connectivity index (χ1) is 25.1. The van der Waals surface area contributed by atoms with Crippen molar-refractivity contribution in [3.8, 4) is 0 Å². The van der Waals surface area contributed by atoms with Crippen LogP contribution in [0.2, 0.25) is 0 Å². The Labute approximate surface area is 306 Å². The van der Waals surface area contributed by atoms with Gasteiger partial charge in [0.2, 0.25) is 24.8 Å². The second kappa shape index (κ2) is 21.4. The van der Waals surface area contributed by atoms with E-state index in [1.165, 1.54) is 55.4 Å². The molecule has 0 unspecified atom stereocenters. The Morgan fingerprint density at radius 1 is 0.453 bits per heavy atom. The normalized spacial score (nSPS) is 27.8. The molecule has 0 N–H and O–H groups in total. The van der Waals surface area contributed by atoms with Crippen molar-refractivity contribution in [2.45, 2.75) is 162 Å². The summed E-state index contributed by atoms with van der Waals surface area (Å²) in [5, 5.41) is 0. The molecule has 2 aliphatic rings. The fourth-order valence-electron chi connectivity index (χ4n) is 4.75. The SMILES string of the molecule is CCC(=O)OC[C@H]1O[C@H](O[C@]2(OC(=O)CC)O[C@H](OC(=O)CC)[C@@H](OC(=O)CC)[C@@H]2OC(=O)CC)[C@H](OC(=O)CC)[C@@H](OC(=O)CC)[C@@H]1OC(=O)CC. The lowest BCUT2D eigenvalue weighted by Crippen LogP contribution is -2.65. The molecule has 0 aromatic carbocycles. The lowest BCUT2D eigenvalue weighted by Gasteiger charge is -2.46. The van der Waals surface area contributed by atoms with E-state index in [1.807, 2.05) is 0 Å². The van der Waals surface area contributed by atoms with Gasteiger partial charge in [-0.3, -0.25) is 47.8 Å². The van der Waals surface area contributed by atoms with Crippen LogP contribution in [-0.4, -0.2) is 110 Å². The molecule has 53 heavy (non-hydrogen) atoms. The summed E-state index contributed by atoms with van der Waals surface area (Å²) in [7, 11) is 0. The van der Waals surface area contributed by atoms with Crippen molar-refractivity contribution in [1.29, 1.82) is 0 Å². The number of carbonyl (C=O) groups is 8. The van der Waals surface area contributed by atoms with Crippen LogP contribution >= 0.6 is 0 Å². The molecular formula is C34H50O19. The molecule has 19 nitrogen and oxygen atoms in total. The molecular weight excluding hydrogens is 712 g/mol. The lowest BCUT2D eigenvalue weighted by molar-refractivity contribution is -0.447. The zero-order chi connectivity index (χ0) is 39.9. The van der Waals surface area contributed by atoms with E-state index in [4.69, 9.17) is 52.1 Å². The molecule has 2 aliphatic heterocycles. The van der Waals surface area contributed by atoms with Crippen LogP contribution in [0.1, 0.15) is 107 Å². The maximum Gasteiger partial charge on any atom is 0.378 e. The zero-order valence-electron chi connectivity index (χ0n) is 31.2. The second-order valence-electron chi connectivity index (χ2n) is 11.5. The van der Waals surface area contributed by atoms with Gasteiger partial charge in [-0.15, -0.1) is 0 Å². The van der Waals surface area contributed by atoms with Crippen LogP contribution in [0.25, 0.3) is 0 Å². The predicted molar refractivity (Wildman–Crippen MR) is 172 cm³/mol. The fraction of sp³-hybridized carbons (Fsp3) is 0.765. The van der Waals surface area contributed by atoms with E-state index in [9.17, 15) is 38.4 Å². The molecule has 0 amide bonds. The molecule has 0 aliphatic carbocycles. The minimum Gasteiger partial charge on any atom is -0.463 e. The van der Waals surface area contributed by atoms with Gasteiger partial charge < -0.3 is 42.6 Å². The maximum absolute atomic E-state index is 13.1. The highest BCUT2D eigenvalue weighted by Crippen LogP contribution is 2.42. The Morgan fingerprint density at radius 2 is 0.868 bits per heavy atom. The number of ether oxygens (including phenoxy) is 11. The van der Waals surface area contributed by atoms with Gasteiger partial charge in [-0.05, 0) is 0 Å². The van der Waals surface area contributed by atoms with Crippen LogP contribution in [0.15, 0.2) is 0 Å². The molecule has 2 saturated heterocycles. The molecule has 19 heteroatoms. The quantitative estimate of drug-likeness (QED) is 0.104. The Morgan fingerprint density at radius 3 is 1.36 bits per heavy atom. The van der Waals surface area contributed by atoms with Crippen LogP contribution in [0.5, 0.6) is 0 Å². The van der Waals surface area contributed by atoms with E-state index < -0.39 is 110 Å². The topological polar surface area (TPSA) is 238 Å². The van der Waals surface area contributed by atoms with Gasteiger partial charge in [-0.2, -0.15) is 0 Å². The highest BCUT2D eigenvalue weighted by molar-refractivity contribution is 5.73. The van der Waals surface area contributed by atoms with Crippen LogP contribution in [0.3, 0.4) is 0 Å². The molecule has 300 valence electrons. The molecule has 2 fully saturated rings. The van der Waals surface area contributed by atoms with Crippen molar-refractivity contribution >= 4 is 47.8 Å². The van der Waals surface area contributed by atoms with Crippen LogP contribution in [-0.2, 0) is 90.5 Å². The lowest BCUT2D eigenvalue weighted by atomic mass is 9.97. The summed E-state index contributed by atoms with van der Waals surface area (Å²) >= 11 is 0. The van der Waals surface area contributed by atoms with Crippen LogP contribution in [0.4, 0.5) is 0 Å². The summed E-state index contributed by atoms with van der Waals surface area (Å²) in [6.07, 6.45) is -16.2. The highest BCUT2D eigenvalue weighted by Gasteiger charge is 2.68. The van der Waals surface area contributed by atoms with E-state index in [-0.39, 0.29) is 51.4 Å². The van der Waals surface area contributed by atoms with E-state index in [1.54, 1.807) is 0 Å². The summed E-state index contributed by atoms with van der Waals surface area (Å²) in [5.41, 5.74) is 0. The smallest absolute Gasteiger partial charge is 0.378 e. The average molecular weight is 763 g/mol. The first-order valence-corrected chi connectivity index (χ1v) is 17.7. The van der Waals surface area contributed by atoms with Crippen molar-refractivity contribution in [1.82, 2.24) is 0 Å². The van der Waals surface area contributed by atoms with Crippen molar-refractivity contribution in [3.63, 3.8) is 0 Å². The molecule has 9 atom stereocenters. The first-order valence-electron chi connectivity index (χ1n) is 17.7. The predicted octanol–water partition coefficient (Wildman–Crippen LogP) is 2.21. The van der Waals surface area contributed by atoms with E-state index in [0.29, 0.717) is 0 Å². The van der Waals surface area contributed by atoms with Gasteiger partial charge in [0.1, 0.15) is 12.7 Å². The van der Waals surface area contributed by atoms with Gasteiger partial charge in [0.05, 0.1) is 0 Å². The molecule has 0 bridgehead atoms. The van der Waals surface area contributed by atoms with Crippen LogP contribution in [0, 0.1) is 0 Å². The van der Waals surface area contributed by atoms with Crippen LogP contribution < -0.4 is 0 Å². The van der Waals surface area contributed by atoms with E-state index in [2.05, 4.69) is 0 Å². The Balaban J connectivity index is 2.92. The summed E-state index contributed by atoms with van der Waals surface area (Å²) in [4.78, 5) is 102. The fourth-order valence-corrected chi connectivity index (χ4v) is 4.75. The minimum absolute atomic E-state index is 0.0683. The van der Waals surface area contributed by atoms with Crippen molar-refractivity contribution < 1.29 is 90.5 Å². The van der Waals surface area contributed by atoms with Crippen molar-refractivity contribution in [2.24, 2.45) is 0 Å². The zero-order valence-corrected chi connectivity index (χ0v) is 31.2. The molecule has 0 radical (unpaired) electrons. The Bertz CT molecular complexity index is 1310. The standard InChI is InChI=1S/C34H50O19/c1-9-19(35)43-17-18-27(45-20(36)10-2)28(46-21(37)11-3)29(47-22(38)12-4)32(44-18)52-34(51-26(42)16-8)31(49-24(40)14-6)30(48-23(39)13-5)33(53-34)50-25(41)15-7/h18,27-33H,9-17H2,1-8H3/t18-,27-,28+,29-,30+,31+,32-,33+,34+/m1/s1. The van der Waals surface area contributed by atoms with Gasteiger partial charge in [0, 0.05) is 51.4 Å². The van der Waals surface area contributed by atoms with Gasteiger partial charge in [-0.25, -0.2) is 0 Å². The van der Waals surface area contributed by atoms with Gasteiger partial charge in [0.15, 0.2) is 18.3 Å². The third-order valence-corrected chi connectivity index (χ3v) is 7.62. The van der Waals surface area contributed by atoms with Gasteiger partial charge in [-0.1, -0.05) is 55.4 Å². The molecule has 0 aromatic rings. The van der Waals surface area contributed by atoms with E-state index in [0.717, 1.165) is 0 Å². The molecule has 0 spiro atoms. The summed E-state index contributed by atoms with van der Waals surface area (Å²) in [6.45, 7) is 11.0. The Hall–Kier alpha value is -4.36. The first kappa shape index (κ1) is 44.8. The summed E-state index contributed by atoms with van der Waals surface area (Å²) < 4.78 is 62.6. The largest absolute Gasteiger partial charge is 0.463 e. The number of rotatable bonds is 19. The van der Waals surface area contributed by atoms with Crippen molar-refractivity contribution in [2.75, 3.05) is 6.61 Å². The molecule has 2 heterocycles. The average Bonchev–Trinajstić information content (AvgIpc) is 3.41. The van der Waals surface area contributed by atoms with E-state index >= 15 is 0 Å². The van der Waals surface area contributed by atoms with Gasteiger partial charge >= 0.3 is 53.7 Å². The second-order valence-corrected chi connectivity index (χ2v) is 11.5. The monoisotopic (exact) mass is 762 g/mol. The number of hydrogen-bond donors (Lipinski definition) is 0. The maximum atomic E-state index is 13.1. The molecule has 0 saturated carbocycles. The molecule has 0 aromatic heterocycles. The molecule has 2 rings (SSSR count).